The number of hydrogen-bond acceptors (Lipinski definition) is 6. The van der Waals surface area contributed by atoms with Crippen molar-refractivity contribution in [1.82, 2.24) is 24.7 Å². The van der Waals surface area contributed by atoms with E-state index >= 15 is 0 Å². The monoisotopic (exact) mass is 428 g/mol. The first kappa shape index (κ1) is 20.1. The number of pyridine rings is 1. The maximum absolute atomic E-state index is 14.3. The molecule has 0 bridgehead atoms. The molecule has 2 saturated carbocycles. The van der Waals surface area contributed by atoms with Gasteiger partial charge in [0.25, 0.3) is 5.92 Å². The Kier molecular flexibility index (Phi) is 4.98. The molecule has 3 aromatic rings. The van der Waals surface area contributed by atoms with E-state index in [9.17, 15) is 8.78 Å². The number of aromatic nitrogens is 5. The lowest BCUT2D eigenvalue weighted by Crippen LogP contribution is -2.26. The molecule has 0 saturated heterocycles. The molecule has 164 valence electrons. The third-order valence-corrected chi connectivity index (χ3v) is 6.13. The zero-order valence-electron chi connectivity index (χ0n) is 17.8. The quantitative estimate of drug-likeness (QED) is 0.554. The third-order valence-electron chi connectivity index (χ3n) is 6.13. The minimum atomic E-state index is -2.68. The van der Waals surface area contributed by atoms with Crippen LogP contribution in [0.3, 0.4) is 0 Å². The average Bonchev–Trinajstić information content (AvgIpc) is 3.11. The van der Waals surface area contributed by atoms with Crippen molar-refractivity contribution in [2.24, 2.45) is 11.8 Å². The summed E-state index contributed by atoms with van der Waals surface area (Å²) in [5, 5.41) is 4.58. The highest BCUT2D eigenvalue weighted by Gasteiger charge is 2.44. The average molecular weight is 428 g/mol. The molecule has 0 radical (unpaired) electrons. The Bertz CT molecular complexity index is 1050. The molecule has 3 aromatic heterocycles. The van der Waals surface area contributed by atoms with Gasteiger partial charge in [0.05, 0.1) is 6.54 Å². The second-order valence-electron chi connectivity index (χ2n) is 8.86. The molecule has 2 aliphatic carbocycles. The zero-order chi connectivity index (χ0) is 21.6. The van der Waals surface area contributed by atoms with Crippen LogP contribution in [0.25, 0.3) is 22.9 Å². The lowest BCUT2D eigenvalue weighted by atomic mass is 10.1. The molecule has 0 amide bonds. The van der Waals surface area contributed by atoms with Crippen molar-refractivity contribution in [3.05, 3.63) is 30.5 Å². The number of rotatable bonds is 7. The van der Waals surface area contributed by atoms with Gasteiger partial charge < -0.3 is 9.32 Å². The normalized spacial score (nSPS) is 20.3. The van der Waals surface area contributed by atoms with Gasteiger partial charge in [-0.15, -0.1) is 0 Å². The summed E-state index contributed by atoms with van der Waals surface area (Å²) in [4.78, 5) is 15.6. The van der Waals surface area contributed by atoms with Crippen molar-refractivity contribution in [1.29, 1.82) is 0 Å². The second kappa shape index (κ2) is 7.69. The van der Waals surface area contributed by atoms with E-state index in [1.165, 1.54) is 12.8 Å². The largest absolute Gasteiger partial charge is 0.448 e. The van der Waals surface area contributed by atoms with E-state index in [4.69, 9.17) is 4.42 Å². The molecule has 0 spiro atoms. The Hall–Kier alpha value is -2.84. The number of oxazole rings is 1. The van der Waals surface area contributed by atoms with Gasteiger partial charge in [-0.2, -0.15) is 5.10 Å². The molecule has 7 nitrogen and oxygen atoms in total. The summed E-state index contributed by atoms with van der Waals surface area (Å²) in [7, 11) is 3.83. The van der Waals surface area contributed by atoms with E-state index in [-0.39, 0.29) is 13.0 Å². The van der Waals surface area contributed by atoms with E-state index in [1.807, 2.05) is 31.1 Å². The third kappa shape index (κ3) is 4.18. The zero-order valence-corrected chi connectivity index (χ0v) is 17.8. The number of anilines is 1. The number of halogens is 2. The van der Waals surface area contributed by atoms with E-state index in [2.05, 4.69) is 20.1 Å². The lowest BCUT2D eigenvalue weighted by Gasteiger charge is -2.19. The molecule has 9 heteroatoms. The summed E-state index contributed by atoms with van der Waals surface area (Å²) in [5.41, 5.74) is 1.26. The van der Waals surface area contributed by atoms with Gasteiger partial charge in [-0.05, 0) is 43.7 Å². The van der Waals surface area contributed by atoms with E-state index in [0.29, 0.717) is 42.0 Å². The lowest BCUT2D eigenvalue weighted by molar-refractivity contribution is -0.0431. The van der Waals surface area contributed by atoms with Gasteiger partial charge in [0, 0.05) is 44.6 Å². The number of nitrogens with zero attached hydrogens (tertiary/aromatic N) is 6. The minimum Gasteiger partial charge on any atom is -0.448 e. The molecule has 3 heterocycles. The summed E-state index contributed by atoms with van der Waals surface area (Å²) in [6.45, 7) is 0.101. The molecule has 1 unspecified atom stereocenters. The van der Waals surface area contributed by atoms with Gasteiger partial charge in [-0.1, -0.05) is 0 Å². The van der Waals surface area contributed by atoms with Crippen molar-refractivity contribution < 1.29 is 13.2 Å². The summed E-state index contributed by atoms with van der Waals surface area (Å²) in [6, 6.07) is 3.77. The highest BCUT2D eigenvalue weighted by Crippen LogP contribution is 2.41. The van der Waals surface area contributed by atoms with Gasteiger partial charge in [0.15, 0.2) is 17.5 Å². The van der Waals surface area contributed by atoms with Crippen molar-refractivity contribution in [2.75, 3.05) is 19.0 Å². The molecular formula is C22H26F2N6O. The molecule has 2 aliphatic rings. The first-order valence-electron chi connectivity index (χ1n) is 10.8. The van der Waals surface area contributed by atoms with Gasteiger partial charge in [-0.25, -0.2) is 28.4 Å². The van der Waals surface area contributed by atoms with Crippen molar-refractivity contribution in [3.8, 4) is 22.9 Å². The first-order valence-corrected chi connectivity index (χ1v) is 10.8. The van der Waals surface area contributed by atoms with Crippen molar-refractivity contribution in [2.45, 2.75) is 51.0 Å². The van der Waals surface area contributed by atoms with Crippen LogP contribution in [-0.4, -0.2) is 44.8 Å². The molecule has 5 rings (SSSR count). The van der Waals surface area contributed by atoms with Crippen LogP contribution in [0.15, 0.2) is 29.0 Å². The van der Waals surface area contributed by atoms with E-state index in [1.54, 1.807) is 17.1 Å². The maximum atomic E-state index is 14.3. The highest BCUT2D eigenvalue weighted by molar-refractivity contribution is 5.60. The van der Waals surface area contributed by atoms with Crippen LogP contribution in [0.4, 0.5) is 14.6 Å². The van der Waals surface area contributed by atoms with Gasteiger partial charge in [-0.3, -0.25) is 0 Å². The van der Waals surface area contributed by atoms with Crippen LogP contribution in [0.2, 0.25) is 0 Å². The fourth-order valence-electron chi connectivity index (χ4n) is 4.07. The second-order valence-corrected chi connectivity index (χ2v) is 8.86. The Morgan fingerprint density at radius 2 is 2.03 bits per heavy atom. The van der Waals surface area contributed by atoms with Crippen molar-refractivity contribution >= 4 is 5.82 Å². The summed E-state index contributed by atoms with van der Waals surface area (Å²) < 4.78 is 35.8. The predicted octanol–water partition coefficient (Wildman–Crippen LogP) is 4.45. The minimum absolute atomic E-state index is 0.0695. The molecule has 2 fully saturated rings. The van der Waals surface area contributed by atoms with Gasteiger partial charge in [0.1, 0.15) is 17.8 Å². The molecule has 1 atom stereocenters. The number of hydrogen-bond donors (Lipinski definition) is 0. The van der Waals surface area contributed by atoms with Crippen LogP contribution >= 0.6 is 0 Å². The smallest absolute Gasteiger partial charge is 0.252 e. The van der Waals surface area contributed by atoms with Crippen LogP contribution in [-0.2, 0) is 13.0 Å². The van der Waals surface area contributed by atoms with Gasteiger partial charge in [0.2, 0.25) is 0 Å². The Morgan fingerprint density at radius 1 is 1.19 bits per heavy atom. The summed E-state index contributed by atoms with van der Waals surface area (Å²) in [5.74, 6) is -0.418. The Labute approximate surface area is 179 Å². The maximum Gasteiger partial charge on any atom is 0.252 e. The molecule has 0 aliphatic heterocycles. The molecule has 31 heavy (non-hydrogen) atoms. The van der Waals surface area contributed by atoms with E-state index < -0.39 is 11.8 Å². The standard InChI is InChI=1S/C22H26F2N6O/c1-29(2)18-8-7-15(11-25-18)20-27-21(17-13-31-19(26-17)10-14-5-6-14)30(28-20)12-16-4-3-9-22(16,23)24/h7-8,11,13-14,16H,3-6,9-10,12H2,1-2H3. The van der Waals surface area contributed by atoms with Crippen LogP contribution in [0.1, 0.15) is 38.0 Å². The first-order chi connectivity index (χ1) is 14.9. The molecular weight excluding hydrogens is 402 g/mol. The van der Waals surface area contributed by atoms with Crippen molar-refractivity contribution in [3.63, 3.8) is 0 Å². The fraction of sp³-hybridized carbons (Fsp3) is 0.545. The van der Waals surface area contributed by atoms with Crippen LogP contribution in [0, 0.1) is 11.8 Å². The topological polar surface area (TPSA) is 72.9 Å². The SMILES string of the molecule is CN(C)c1ccc(-c2nc(-c3coc(CC4CC4)n3)n(CC3CCCC3(F)F)n2)cn1. The summed E-state index contributed by atoms with van der Waals surface area (Å²) in [6.07, 6.45) is 7.39. The molecule has 0 aromatic carbocycles. The Morgan fingerprint density at radius 3 is 2.68 bits per heavy atom. The summed E-state index contributed by atoms with van der Waals surface area (Å²) >= 11 is 0. The Balaban J connectivity index is 1.48. The predicted molar refractivity (Wildman–Crippen MR) is 112 cm³/mol. The number of alkyl halides is 2. The van der Waals surface area contributed by atoms with E-state index in [0.717, 1.165) is 17.8 Å². The molecule has 0 N–H and O–H groups in total. The highest BCUT2D eigenvalue weighted by atomic mass is 19.3. The van der Waals surface area contributed by atoms with Gasteiger partial charge >= 0.3 is 0 Å². The fourth-order valence-corrected chi connectivity index (χ4v) is 4.07. The van der Waals surface area contributed by atoms with Crippen LogP contribution in [0.5, 0.6) is 0 Å². The van der Waals surface area contributed by atoms with Crippen LogP contribution < -0.4 is 4.90 Å².